The maximum Gasteiger partial charge on any atom is 0.219 e. The van der Waals surface area contributed by atoms with Gasteiger partial charge in [-0.2, -0.15) is 0 Å². The Labute approximate surface area is 113 Å². The van der Waals surface area contributed by atoms with E-state index in [0.717, 1.165) is 11.1 Å². The number of carbonyl (C=O) groups is 1. The third kappa shape index (κ3) is 2.98. The Balaban J connectivity index is 3.32. The number of nitrogens with zero attached hydrogens (tertiary/aromatic N) is 1. The maximum atomic E-state index is 11.5. The number of aliphatic hydroxyl groups is 1. The zero-order valence-corrected chi connectivity index (χ0v) is 12.1. The van der Waals surface area contributed by atoms with E-state index in [1.165, 1.54) is 11.8 Å². The highest BCUT2D eigenvalue weighted by Crippen LogP contribution is 2.36. The number of methoxy groups -OCH3 is 2. The Bertz CT molecular complexity index is 459. The van der Waals surface area contributed by atoms with Gasteiger partial charge in [0.15, 0.2) is 0 Å². The second kappa shape index (κ2) is 6.43. The lowest BCUT2D eigenvalue weighted by Gasteiger charge is -2.28. The number of benzene rings is 1. The average Bonchev–Trinajstić information content (AvgIpc) is 2.39. The third-order valence-corrected chi connectivity index (χ3v) is 3.31. The molecule has 1 atom stereocenters. The number of ether oxygens (including phenoxy) is 2. The number of rotatable bonds is 5. The molecule has 1 aromatic carbocycles. The minimum absolute atomic E-state index is 0.116. The molecule has 1 aromatic rings. The van der Waals surface area contributed by atoms with E-state index in [0.29, 0.717) is 11.5 Å². The molecule has 0 aromatic heterocycles. The molecule has 0 aliphatic rings. The van der Waals surface area contributed by atoms with Gasteiger partial charge in [0.2, 0.25) is 5.91 Å². The van der Waals surface area contributed by atoms with Crippen LogP contribution in [0, 0.1) is 6.92 Å². The van der Waals surface area contributed by atoms with Gasteiger partial charge in [0, 0.05) is 25.1 Å². The van der Waals surface area contributed by atoms with Crippen molar-refractivity contribution in [3.63, 3.8) is 0 Å². The van der Waals surface area contributed by atoms with Crippen LogP contribution in [0.15, 0.2) is 12.1 Å². The molecule has 0 fully saturated rings. The van der Waals surface area contributed by atoms with Crippen molar-refractivity contribution in [1.82, 2.24) is 4.90 Å². The summed E-state index contributed by atoms with van der Waals surface area (Å²) in [6, 6.07) is 3.19. The summed E-state index contributed by atoms with van der Waals surface area (Å²) in [5.74, 6) is 1.23. The largest absolute Gasteiger partial charge is 0.496 e. The molecule has 5 nitrogen and oxygen atoms in total. The molecule has 1 unspecified atom stereocenters. The van der Waals surface area contributed by atoms with Crippen LogP contribution in [0.2, 0.25) is 0 Å². The molecular formula is C14H21NO4. The molecule has 0 bridgehead atoms. The van der Waals surface area contributed by atoms with E-state index in [1.807, 2.05) is 19.1 Å². The van der Waals surface area contributed by atoms with Crippen LogP contribution in [0.25, 0.3) is 0 Å². The highest BCUT2D eigenvalue weighted by atomic mass is 16.5. The molecule has 0 heterocycles. The smallest absolute Gasteiger partial charge is 0.219 e. The van der Waals surface area contributed by atoms with Gasteiger partial charge in [0.25, 0.3) is 0 Å². The third-order valence-electron chi connectivity index (χ3n) is 3.31. The van der Waals surface area contributed by atoms with Crippen LogP contribution in [0.4, 0.5) is 0 Å². The highest BCUT2D eigenvalue weighted by Gasteiger charge is 2.24. The van der Waals surface area contributed by atoms with Gasteiger partial charge in [-0.25, -0.2) is 0 Å². The molecule has 19 heavy (non-hydrogen) atoms. The minimum atomic E-state index is -0.433. The molecule has 1 amide bonds. The number of amides is 1. The van der Waals surface area contributed by atoms with Crippen molar-refractivity contribution in [1.29, 1.82) is 0 Å². The first-order valence-corrected chi connectivity index (χ1v) is 6.03. The quantitative estimate of drug-likeness (QED) is 0.879. The molecule has 0 radical (unpaired) electrons. The average molecular weight is 267 g/mol. The molecule has 1 N–H and O–H groups in total. The summed E-state index contributed by atoms with van der Waals surface area (Å²) in [7, 11) is 4.81. The molecule has 0 saturated carbocycles. The van der Waals surface area contributed by atoms with Crippen molar-refractivity contribution in [2.24, 2.45) is 0 Å². The fourth-order valence-electron chi connectivity index (χ4n) is 2.10. The van der Waals surface area contributed by atoms with E-state index >= 15 is 0 Å². The summed E-state index contributed by atoms with van der Waals surface area (Å²) in [4.78, 5) is 13.0. The predicted molar refractivity (Wildman–Crippen MR) is 72.6 cm³/mol. The van der Waals surface area contributed by atoms with Crippen molar-refractivity contribution in [2.45, 2.75) is 19.9 Å². The van der Waals surface area contributed by atoms with Gasteiger partial charge in [-0.3, -0.25) is 4.79 Å². The molecule has 0 aliphatic heterocycles. The van der Waals surface area contributed by atoms with Crippen molar-refractivity contribution >= 4 is 5.91 Å². The fourth-order valence-corrected chi connectivity index (χ4v) is 2.10. The lowest BCUT2D eigenvalue weighted by atomic mass is 10.0. The number of carbonyl (C=O) groups excluding carboxylic acids is 1. The maximum absolute atomic E-state index is 11.5. The normalized spacial score (nSPS) is 11.9. The van der Waals surface area contributed by atoms with Crippen LogP contribution >= 0.6 is 0 Å². The van der Waals surface area contributed by atoms with Crippen LogP contribution < -0.4 is 9.47 Å². The molecule has 0 aliphatic carbocycles. The Morgan fingerprint density at radius 1 is 1.37 bits per heavy atom. The van der Waals surface area contributed by atoms with Crippen molar-refractivity contribution in [3.8, 4) is 11.5 Å². The van der Waals surface area contributed by atoms with E-state index in [2.05, 4.69) is 0 Å². The van der Waals surface area contributed by atoms with Gasteiger partial charge >= 0.3 is 0 Å². The minimum Gasteiger partial charge on any atom is -0.496 e. The van der Waals surface area contributed by atoms with E-state index < -0.39 is 6.04 Å². The van der Waals surface area contributed by atoms with Crippen LogP contribution in [0.1, 0.15) is 24.1 Å². The van der Waals surface area contributed by atoms with E-state index in [9.17, 15) is 9.90 Å². The van der Waals surface area contributed by atoms with Gasteiger partial charge in [-0.1, -0.05) is 0 Å². The summed E-state index contributed by atoms with van der Waals surface area (Å²) >= 11 is 0. The van der Waals surface area contributed by atoms with Gasteiger partial charge in [0.1, 0.15) is 11.5 Å². The molecule has 1 rings (SSSR count). The van der Waals surface area contributed by atoms with Crippen LogP contribution in [0.3, 0.4) is 0 Å². The standard InChI is InChI=1S/C14H21NO4/c1-9-13(18-4)7-6-11(14(9)19-5)12(8-16)15(3)10(2)17/h6-7,12,16H,8H2,1-5H3. The predicted octanol–water partition coefficient (Wildman–Crippen LogP) is 1.52. The van der Waals surface area contributed by atoms with Crippen LogP contribution in [-0.4, -0.2) is 43.8 Å². The highest BCUT2D eigenvalue weighted by molar-refractivity contribution is 5.73. The van der Waals surface area contributed by atoms with E-state index in [4.69, 9.17) is 9.47 Å². The number of likely N-dealkylation sites (N-methyl/N-ethyl adjacent to an activating group) is 1. The van der Waals surface area contributed by atoms with Crippen molar-refractivity contribution in [3.05, 3.63) is 23.3 Å². The second-order valence-corrected chi connectivity index (χ2v) is 4.34. The summed E-state index contributed by atoms with van der Waals surface area (Å²) < 4.78 is 10.6. The summed E-state index contributed by atoms with van der Waals surface area (Å²) in [6.45, 7) is 3.17. The summed E-state index contributed by atoms with van der Waals surface area (Å²) in [5, 5.41) is 9.56. The van der Waals surface area contributed by atoms with Crippen molar-refractivity contribution < 1.29 is 19.4 Å². The first kappa shape index (κ1) is 15.3. The zero-order chi connectivity index (χ0) is 14.6. The Morgan fingerprint density at radius 3 is 2.42 bits per heavy atom. The van der Waals surface area contributed by atoms with Crippen LogP contribution in [-0.2, 0) is 4.79 Å². The van der Waals surface area contributed by atoms with Crippen LogP contribution in [0.5, 0.6) is 11.5 Å². The fraction of sp³-hybridized carbons (Fsp3) is 0.500. The Kier molecular flexibility index (Phi) is 5.18. The van der Waals surface area contributed by atoms with Crippen molar-refractivity contribution in [2.75, 3.05) is 27.9 Å². The summed E-state index contributed by atoms with van der Waals surface area (Å²) in [6.07, 6.45) is 0. The SMILES string of the molecule is COc1ccc(C(CO)N(C)C(C)=O)c(OC)c1C. The first-order valence-electron chi connectivity index (χ1n) is 6.03. The number of aliphatic hydroxyl groups excluding tert-OH is 1. The van der Waals surface area contributed by atoms with Gasteiger partial charge in [-0.05, 0) is 19.1 Å². The van der Waals surface area contributed by atoms with E-state index in [-0.39, 0.29) is 12.5 Å². The summed E-state index contributed by atoms with van der Waals surface area (Å²) in [5.41, 5.74) is 1.61. The molecule has 106 valence electrons. The number of hydrogen-bond donors (Lipinski definition) is 1. The van der Waals surface area contributed by atoms with E-state index in [1.54, 1.807) is 21.3 Å². The van der Waals surface area contributed by atoms with Gasteiger partial charge in [0.05, 0.1) is 26.9 Å². The Hall–Kier alpha value is -1.75. The lowest BCUT2D eigenvalue weighted by Crippen LogP contribution is -2.31. The zero-order valence-electron chi connectivity index (χ0n) is 12.1. The van der Waals surface area contributed by atoms with Gasteiger partial charge in [-0.15, -0.1) is 0 Å². The first-order chi connectivity index (χ1) is 8.97. The second-order valence-electron chi connectivity index (χ2n) is 4.34. The van der Waals surface area contributed by atoms with Gasteiger partial charge < -0.3 is 19.5 Å². The number of hydrogen-bond acceptors (Lipinski definition) is 4. The lowest BCUT2D eigenvalue weighted by molar-refractivity contribution is -0.130. The Morgan fingerprint density at radius 2 is 2.00 bits per heavy atom. The monoisotopic (exact) mass is 267 g/mol. The molecule has 0 spiro atoms. The molecule has 5 heteroatoms. The molecular weight excluding hydrogens is 246 g/mol. The molecule has 0 saturated heterocycles. The topological polar surface area (TPSA) is 59.0 Å².